The molecule has 0 aromatic carbocycles. The number of aromatic nitrogens is 3. The van der Waals surface area contributed by atoms with Gasteiger partial charge in [0.05, 0.1) is 19.4 Å². The predicted octanol–water partition coefficient (Wildman–Crippen LogP) is -1.76. The van der Waals surface area contributed by atoms with Crippen LogP contribution in [0.5, 0.6) is 0 Å². The molecule has 9 nitrogen and oxygen atoms in total. The number of imide groups is 1. The third kappa shape index (κ3) is 4.89. The molecule has 0 fully saturated rings. The molecule has 0 saturated heterocycles. The van der Waals surface area contributed by atoms with Crippen molar-refractivity contribution < 1.29 is 19.4 Å². The number of carbonyl (C=O) groups is 2. The maximum atomic E-state index is 11.4. The molecule has 0 spiro atoms. The van der Waals surface area contributed by atoms with Crippen molar-refractivity contribution in [1.82, 2.24) is 25.6 Å². The summed E-state index contributed by atoms with van der Waals surface area (Å²) in [7, 11) is 1.51. The Labute approximate surface area is 103 Å². The van der Waals surface area contributed by atoms with Gasteiger partial charge in [-0.3, -0.25) is 10.1 Å². The topological polar surface area (TPSA) is 118 Å². The molecule has 0 bridgehead atoms. The first-order chi connectivity index (χ1) is 8.65. The molecule has 0 saturated carbocycles. The molecule has 0 atom stereocenters. The number of aliphatic hydroxyl groups is 1. The molecule has 100 valence electrons. The number of nitrogens with one attached hydrogen (secondary N) is 2. The van der Waals surface area contributed by atoms with Crippen LogP contribution in [0.15, 0.2) is 6.20 Å². The standard InChI is InChI=1S/C9H15N5O4/c1-18-3-2-10-9(17)11-8(16)5-14-4-7(6-15)12-13-14/h4,15H,2-3,5-6H2,1H3,(H2,10,11,16,17). The highest BCUT2D eigenvalue weighted by atomic mass is 16.5. The number of aliphatic hydroxyl groups excluding tert-OH is 1. The summed E-state index contributed by atoms with van der Waals surface area (Å²) in [5.41, 5.74) is 0.354. The maximum Gasteiger partial charge on any atom is 0.321 e. The van der Waals surface area contributed by atoms with Crippen LogP contribution >= 0.6 is 0 Å². The number of hydrogen-bond acceptors (Lipinski definition) is 6. The molecule has 0 radical (unpaired) electrons. The van der Waals surface area contributed by atoms with Gasteiger partial charge in [0.25, 0.3) is 0 Å². The second-order valence-corrected chi connectivity index (χ2v) is 3.36. The van der Waals surface area contributed by atoms with Crippen molar-refractivity contribution in [3.8, 4) is 0 Å². The summed E-state index contributed by atoms with van der Waals surface area (Å²) in [6.07, 6.45) is 1.42. The Morgan fingerprint density at radius 1 is 1.56 bits per heavy atom. The Kier molecular flexibility index (Phi) is 5.74. The zero-order valence-corrected chi connectivity index (χ0v) is 9.92. The Morgan fingerprint density at radius 3 is 2.94 bits per heavy atom. The predicted molar refractivity (Wildman–Crippen MR) is 59.4 cm³/mol. The van der Waals surface area contributed by atoms with Crippen LogP contribution in [-0.4, -0.2) is 52.3 Å². The molecule has 0 aliphatic heterocycles. The lowest BCUT2D eigenvalue weighted by atomic mass is 10.5. The van der Waals surface area contributed by atoms with Crippen molar-refractivity contribution in [2.24, 2.45) is 0 Å². The van der Waals surface area contributed by atoms with Gasteiger partial charge in [-0.05, 0) is 0 Å². The first kappa shape index (κ1) is 14.1. The molecule has 0 unspecified atom stereocenters. The number of urea groups is 1. The Balaban J connectivity index is 2.30. The molecular weight excluding hydrogens is 242 g/mol. The molecule has 0 aliphatic rings. The quantitative estimate of drug-likeness (QED) is 0.520. The Hall–Kier alpha value is -2.00. The lowest BCUT2D eigenvalue weighted by molar-refractivity contribution is -0.120. The van der Waals surface area contributed by atoms with Gasteiger partial charge in [0, 0.05) is 13.7 Å². The van der Waals surface area contributed by atoms with Gasteiger partial charge in [0.2, 0.25) is 5.91 Å². The third-order valence-corrected chi connectivity index (χ3v) is 1.90. The first-order valence-corrected chi connectivity index (χ1v) is 5.22. The van der Waals surface area contributed by atoms with Crippen LogP contribution in [0, 0.1) is 0 Å². The maximum absolute atomic E-state index is 11.4. The fourth-order valence-electron chi connectivity index (χ4n) is 1.11. The second kappa shape index (κ2) is 7.35. The van der Waals surface area contributed by atoms with Gasteiger partial charge in [0.1, 0.15) is 12.2 Å². The van der Waals surface area contributed by atoms with E-state index in [4.69, 9.17) is 9.84 Å². The highest BCUT2D eigenvalue weighted by molar-refractivity contribution is 5.94. The second-order valence-electron chi connectivity index (χ2n) is 3.36. The van der Waals surface area contributed by atoms with Crippen LogP contribution in [0.1, 0.15) is 5.69 Å². The van der Waals surface area contributed by atoms with Crippen molar-refractivity contribution in [3.63, 3.8) is 0 Å². The Morgan fingerprint density at radius 2 is 2.33 bits per heavy atom. The highest BCUT2D eigenvalue weighted by Gasteiger charge is 2.09. The van der Waals surface area contributed by atoms with E-state index >= 15 is 0 Å². The fraction of sp³-hybridized carbons (Fsp3) is 0.556. The summed E-state index contributed by atoms with van der Waals surface area (Å²) < 4.78 is 5.96. The zero-order chi connectivity index (χ0) is 13.4. The minimum absolute atomic E-state index is 0.148. The van der Waals surface area contributed by atoms with E-state index in [-0.39, 0.29) is 13.2 Å². The van der Waals surface area contributed by atoms with Gasteiger partial charge >= 0.3 is 6.03 Å². The van der Waals surface area contributed by atoms with Crippen LogP contribution in [-0.2, 0) is 22.7 Å². The summed E-state index contributed by atoms with van der Waals surface area (Å²) in [6.45, 7) is 0.280. The first-order valence-electron chi connectivity index (χ1n) is 5.22. The van der Waals surface area contributed by atoms with Gasteiger partial charge in [0.15, 0.2) is 0 Å². The number of ether oxygens (including phenoxy) is 1. The number of hydrogen-bond donors (Lipinski definition) is 3. The summed E-state index contributed by atoms with van der Waals surface area (Å²) in [4.78, 5) is 22.6. The van der Waals surface area contributed by atoms with E-state index in [0.29, 0.717) is 18.8 Å². The van der Waals surface area contributed by atoms with Crippen LogP contribution in [0.2, 0.25) is 0 Å². The molecule has 18 heavy (non-hydrogen) atoms. The van der Waals surface area contributed by atoms with E-state index in [1.165, 1.54) is 18.0 Å². The fourth-order valence-corrected chi connectivity index (χ4v) is 1.11. The van der Waals surface area contributed by atoms with E-state index in [2.05, 4.69) is 20.9 Å². The van der Waals surface area contributed by atoms with Crippen molar-refractivity contribution in [3.05, 3.63) is 11.9 Å². The summed E-state index contributed by atoms with van der Waals surface area (Å²) >= 11 is 0. The van der Waals surface area contributed by atoms with E-state index in [1.807, 2.05) is 0 Å². The minimum atomic E-state index is -0.598. The number of nitrogens with zero attached hydrogens (tertiary/aromatic N) is 3. The van der Waals surface area contributed by atoms with Crippen molar-refractivity contribution in [2.75, 3.05) is 20.3 Å². The molecule has 1 heterocycles. The van der Waals surface area contributed by atoms with E-state index in [9.17, 15) is 9.59 Å². The molecular formula is C9H15N5O4. The molecule has 1 aromatic heterocycles. The number of methoxy groups -OCH3 is 1. The lowest BCUT2D eigenvalue weighted by Gasteiger charge is -2.05. The molecule has 3 N–H and O–H groups in total. The molecule has 3 amide bonds. The zero-order valence-electron chi connectivity index (χ0n) is 9.92. The van der Waals surface area contributed by atoms with Crippen molar-refractivity contribution >= 4 is 11.9 Å². The summed E-state index contributed by atoms with van der Waals surface area (Å²) in [5.74, 6) is -0.528. The molecule has 1 aromatic rings. The molecule has 0 aliphatic carbocycles. The van der Waals surface area contributed by atoms with E-state index < -0.39 is 11.9 Å². The van der Waals surface area contributed by atoms with Crippen LogP contribution in [0.4, 0.5) is 4.79 Å². The SMILES string of the molecule is COCCNC(=O)NC(=O)Cn1cc(CO)nn1. The number of rotatable bonds is 6. The van der Waals surface area contributed by atoms with Gasteiger partial charge < -0.3 is 15.2 Å². The van der Waals surface area contributed by atoms with Gasteiger partial charge in [-0.2, -0.15) is 0 Å². The summed E-state index contributed by atoms with van der Waals surface area (Å²) in [5, 5.41) is 20.5. The molecule has 9 heteroatoms. The summed E-state index contributed by atoms with van der Waals surface area (Å²) in [6, 6.07) is -0.598. The third-order valence-electron chi connectivity index (χ3n) is 1.90. The highest BCUT2D eigenvalue weighted by Crippen LogP contribution is 1.91. The van der Waals surface area contributed by atoms with Crippen molar-refractivity contribution in [2.45, 2.75) is 13.2 Å². The average Bonchev–Trinajstić information content (AvgIpc) is 2.76. The Bertz CT molecular complexity index is 405. The average molecular weight is 257 g/mol. The lowest BCUT2D eigenvalue weighted by Crippen LogP contribution is -2.42. The van der Waals surface area contributed by atoms with Gasteiger partial charge in [-0.1, -0.05) is 5.21 Å². The van der Waals surface area contributed by atoms with Crippen LogP contribution < -0.4 is 10.6 Å². The largest absolute Gasteiger partial charge is 0.390 e. The van der Waals surface area contributed by atoms with Gasteiger partial charge in [-0.25, -0.2) is 9.48 Å². The van der Waals surface area contributed by atoms with E-state index in [0.717, 1.165) is 0 Å². The normalized spacial score (nSPS) is 10.1. The van der Waals surface area contributed by atoms with E-state index in [1.54, 1.807) is 0 Å². The minimum Gasteiger partial charge on any atom is -0.390 e. The smallest absolute Gasteiger partial charge is 0.321 e. The van der Waals surface area contributed by atoms with Crippen LogP contribution in [0.3, 0.4) is 0 Å². The number of amides is 3. The van der Waals surface area contributed by atoms with Crippen molar-refractivity contribution in [1.29, 1.82) is 0 Å². The van der Waals surface area contributed by atoms with Crippen LogP contribution in [0.25, 0.3) is 0 Å². The monoisotopic (exact) mass is 257 g/mol. The number of carbonyl (C=O) groups excluding carboxylic acids is 2. The van der Waals surface area contributed by atoms with Gasteiger partial charge in [-0.15, -0.1) is 5.10 Å². The molecule has 1 rings (SSSR count).